The van der Waals surface area contributed by atoms with Crippen molar-refractivity contribution in [3.63, 3.8) is 0 Å². The Kier molecular flexibility index (Phi) is 10.7. The highest BCUT2D eigenvalue weighted by atomic mass is 32.2. The number of aryl methyl sites for hydroxylation is 1. The Hall–Kier alpha value is -3.66. The average Bonchev–Trinajstić information content (AvgIpc) is 2.88. The molecule has 39 heavy (non-hydrogen) atoms. The Labute approximate surface area is 229 Å². The molecule has 3 aromatic carbocycles. The average molecular weight is 563 g/mol. The zero-order chi connectivity index (χ0) is 28.4. The van der Waals surface area contributed by atoms with Crippen molar-refractivity contribution >= 4 is 23.5 Å². The number of esters is 1. The fourth-order valence-corrected chi connectivity index (χ4v) is 4.37. The third-order valence-corrected chi connectivity index (χ3v) is 6.53. The molecule has 0 aliphatic rings. The molecule has 3 rings (SSSR count). The van der Waals surface area contributed by atoms with Crippen molar-refractivity contribution < 1.29 is 41.7 Å². The number of hydrogen-bond acceptors (Lipinski definition) is 7. The largest absolute Gasteiger partial charge is 0.573 e. The number of halogens is 3. The molecule has 0 saturated carbocycles. The number of benzene rings is 3. The van der Waals surface area contributed by atoms with E-state index in [0.29, 0.717) is 30.9 Å². The molecule has 0 aliphatic heterocycles. The highest BCUT2D eigenvalue weighted by molar-refractivity contribution is 8.00. The Balaban J connectivity index is 1.62. The van der Waals surface area contributed by atoms with Crippen molar-refractivity contribution in [1.29, 1.82) is 0 Å². The van der Waals surface area contributed by atoms with Crippen LogP contribution in [-0.2, 0) is 9.53 Å². The maximum absolute atomic E-state index is 13.1. The predicted octanol–water partition coefficient (Wildman–Crippen LogP) is 7.02. The van der Waals surface area contributed by atoms with E-state index < -0.39 is 24.0 Å². The molecule has 6 nitrogen and oxygen atoms in total. The van der Waals surface area contributed by atoms with Gasteiger partial charge in [-0.15, -0.1) is 24.9 Å². The molecule has 0 aliphatic carbocycles. The number of thioether (sulfide) groups is 1. The van der Waals surface area contributed by atoms with E-state index in [1.165, 1.54) is 17.8 Å². The van der Waals surface area contributed by atoms with Crippen molar-refractivity contribution in [2.24, 2.45) is 0 Å². The molecule has 0 bridgehead atoms. The first kappa shape index (κ1) is 29.9. The molecular formula is C29H29F3O6S. The van der Waals surface area contributed by atoms with Gasteiger partial charge in [-0.3, -0.25) is 9.59 Å². The third-order valence-electron chi connectivity index (χ3n) is 5.38. The van der Waals surface area contributed by atoms with E-state index >= 15 is 0 Å². The Morgan fingerprint density at radius 2 is 1.69 bits per heavy atom. The summed E-state index contributed by atoms with van der Waals surface area (Å²) in [5.41, 5.74) is 1.22. The van der Waals surface area contributed by atoms with Crippen molar-refractivity contribution in [2.75, 3.05) is 19.0 Å². The number of ether oxygens (including phenoxy) is 4. The minimum absolute atomic E-state index is 0.0396. The van der Waals surface area contributed by atoms with E-state index in [1.54, 1.807) is 44.2 Å². The normalized spacial score (nSPS) is 11.9. The van der Waals surface area contributed by atoms with Crippen LogP contribution in [0.3, 0.4) is 0 Å². The quantitative estimate of drug-likeness (QED) is 0.126. The highest BCUT2D eigenvalue weighted by Crippen LogP contribution is 2.31. The molecule has 0 radical (unpaired) electrons. The van der Waals surface area contributed by atoms with E-state index in [9.17, 15) is 22.8 Å². The molecule has 10 heteroatoms. The first-order valence-corrected chi connectivity index (χ1v) is 13.2. The lowest BCUT2D eigenvalue weighted by Gasteiger charge is -2.19. The molecule has 0 unspecified atom stereocenters. The number of carbonyl (C=O) groups excluding carboxylic acids is 2. The molecule has 0 saturated heterocycles. The van der Waals surface area contributed by atoms with Crippen LogP contribution >= 0.6 is 11.8 Å². The summed E-state index contributed by atoms with van der Waals surface area (Å²) in [6.45, 7) is 6.10. The molecule has 0 heterocycles. The van der Waals surface area contributed by atoms with E-state index in [1.807, 2.05) is 25.1 Å². The summed E-state index contributed by atoms with van der Waals surface area (Å²) < 4.78 is 59.0. The second-order valence-electron chi connectivity index (χ2n) is 8.49. The van der Waals surface area contributed by atoms with Gasteiger partial charge in [0.25, 0.3) is 0 Å². The number of alkyl halides is 3. The van der Waals surface area contributed by atoms with Crippen LogP contribution in [0, 0.1) is 6.92 Å². The minimum atomic E-state index is -4.89. The monoisotopic (exact) mass is 562 g/mol. The zero-order valence-corrected chi connectivity index (χ0v) is 22.6. The van der Waals surface area contributed by atoms with E-state index in [0.717, 1.165) is 22.6 Å². The van der Waals surface area contributed by atoms with Gasteiger partial charge in [-0.2, -0.15) is 0 Å². The van der Waals surface area contributed by atoms with Gasteiger partial charge in [0.2, 0.25) is 0 Å². The number of ketones is 1. The van der Waals surface area contributed by atoms with Gasteiger partial charge in [0.05, 0.1) is 30.6 Å². The topological polar surface area (TPSA) is 71.1 Å². The summed E-state index contributed by atoms with van der Waals surface area (Å²) in [7, 11) is 0. The van der Waals surface area contributed by atoms with Crippen molar-refractivity contribution in [1.82, 2.24) is 0 Å². The van der Waals surface area contributed by atoms with Crippen LogP contribution < -0.4 is 14.2 Å². The standard InChI is InChI=1S/C29H29F3O6S/c1-4-35-27(33)18-39-26-13-11-22(16-19(26)2)36-15-14-20(3)37-25-12-10-23(38-29(30,31)32)17-24(25)28(34)21-8-6-5-7-9-21/h5-13,16-17,20H,4,14-15,18H2,1-3H3/t20-/m1/s1. The second kappa shape index (κ2) is 13.9. The lowest BCUT2D eigenvalue weighted by molar-refractivity contribution is -0.274. The molecule has 0 spiro atoms. The predicted molar refractivity (Wildman–Crippen MR) is 142 cm³/mol. The van der Waals surface area contributed by atoms with Gasteiger partial charge in [-0.1, -0.05) is 30.3 Å². The van der Waals surface area contributed by atoms with E-state index in [-0.39, 0.29) is 23.0 Å². The maximum Gasteiger partial charge on any atom is 0.573 e. The van der Waals surface area contributed by atoms with Crippen LogP contribution in [0.5, 0.6) is 17.2 Å². The van der Waals surface area contributed by atoms with Crippen LogP contribution in [0.15, 0.2) is 71.6 Å². The highest BCUT2D eigenvalue weighted by Gasteiger charge is 2.32. The Morgan fingerprint density at radius 1 is 0.974 bits per heavy atom. The van der Waals surface area contributed by atoms with Crippen LogP contribution in [0.2, 0.25) is 0 Å². The summed E-state index contributed by atoms with van der Waals surface area (Å²) in [5, 5.41) is 0. The van der Waals surface area contributed by atoms with E-state index in [2.05, 4.69) is 4.74 Å². The number of rotatable bonds is 13. The minimum Gasteiger partial charge on any atom is -0.493 e. The van der Waals surface area contributed by atoms with Crippen LogP contribution in [0.1, 0.15) is 41.8 Å². The van der Waals surface area contributed by atoms with Gasteiger partial charge in [-0.05, 0) is 62.7 Å². The Morgan fingerprint density at radius 3 is 2.36 bits per heavy atom. The summed E-state index contributed by atoms with van der Waals surface area (Å²) in [6.07, 6.45) is -4.86. The van der Waals surface area contributed by atoms with Gasteiger partial charge in [0.15, 0.2) is 5.78 Å². The molecular weight excluding hydrogens is 533 g/mol. The fourth-order valence-electron chi connectivity index (χ4n) is 3.56. The van der Waals surface area contributed by atoms with Crippen molar-refractivity contribution in [2.45, 2.75) is 44.6 Å². The second-order valence-corrected chi connectivity index (χ2v) is 9.50. The van der Waals surface area contributed by atoms with Gasteiger partial charge >= 0.3 is 12.3 Å². The number of carbonyl (C=O) groups is 2. The SMILES string of the molecule is CCOC(=O)CSc1ccc(OCC[C@@H](C)Oc2ccc(OC(F)(F)F)cc2C(=O)c2ccccc2)cc1C. The van der Waals surface area contributed by atoms with Gasteiger partial charge in [-0.25, -0.2) is 0 Å². The van der Waals surface area contributed by atoms with Gasteiger partial charge in [0, 0.05) is 16.9 Å². The summed E-state index contributed by atoms with van der Waals surface area (Å²) in [6, 6.07) is 17.2. The van der Waals surface area contributed by atoms with Crippen molar-refractivity contribution in [3.05, 3.63) is 83.4 Å². The van der Waals surface area contributed by atoms with Crippen molar-refractivity contribution in [3.8, 4) is 17.2 Å². The molecule has 208 valence electrons. The zero-order valence-electron chi connectivity index (χ0n) is 21.7. The lowest BCUT2D eigenvalue weighted by atomic mass is 10.0. The Bertz CT molecular complexity index is 1260. The summed E-state index contributed by atoms with van der Waals surface area (Å²) in [4.78, 5) is 25.6. The first-order chi connectivity index (χ1) is 18.6. The van der Waals surface area contributed by atoms with Gasteiger partial charge < -0.3 is 18.9 Å². The van der Waals surface area contributed by atoms with Crippen LogP contribution in [-0.4, -0.2) is 43.2 Å². The molecule has 0 aromatic heterocycles. The van der Waals surface area contributed by atoms with E-state index in [4.69, 9.17) is 14.2 Å². The lowest BCUT2D eigenvalue weighted by Crippen LogP contribution is -2.19. The molecule has 0 amide bonds. The van der Waals surface area contributed by atoms with Gasteiger partial charge in [0.1, 0.15) is 17.2 Å². The molecule has 1 atom stereocenters. The maximum atomic E-state index is 13.1. The first-order valence-electron chi connectivity index (χ1n) is 12.2. The summed E-state index contributed by atoms with van der Waals surface area (Å²) in [5.74, 6) is -0.254. The molecule has 3 aromatic rings. The third kappa shape index (κ3) is 9.55. The molecule has 0 fully saturated rings. The summed E-state index contributed by atoms with van der Waals surface area (Å²) >= 11 is 1.39. The molecule has 0 N–H and O–H groups in total. The number of hydrogen-bond donors (Lipinski definition) is 0. The fraction of sp³-hybridized carbons (Fsp3) is 0.310. The van der Waals surface area contributed by atoms with Crippen LogP contribution in [0.4, 0.5) is 13.2 Å². The smallest absolute Gasteiger partial charge is 0.493 e. The van der Waals surface area contributed by atoms with Crippen LogP contribution in [0.25, 0.3) is 0 Å².